The number of nitro groups is 1. The maximum atomic E-state index is 13.2. The number of nitro benzene ring substituents is 1. The number of carbonyl (C=O) groups is 1. The summed E-state index contributed by atoms with van der Waals surface area (Å²) < 4.78 is 48.4. The minimum Gasteiger partial charge on any atom is -0.383 e. The van der Waals surface area contributed by atoms with Crippen LogP contribution in [0.3, 0.4) is 0 Å². The van der Waals surface area contributed by atoms with Crippen molar-refractivity contribution in [3.63, 3.8) is 0 Å². The number of carbonyl (C=O) groups excluding carboxylic acids is 1. The number of ether oxygens (including phenoxy) is 1. The lowest BCUT2D eigenvalue weighted by Gasteiger charge is -2.23. The van der Waals surface area contributed by atoms with Crippen molar-refractivity contribution in [3.05, 3.63) is 99.4 Å². The smallest absolute Gasteiger partial charge is 0.339 e. The first-order valence-electron chi connectivity index (χ1n) is 10.4. The van der Waals surface area contributed by atoms with E-state index in [0.717, 1.165) is 24.3 Å². The molecule has 9 nitrogen and oxygen atoms in total. The van der Waals surface area contributed by atoms with E-state index in [1.807, 2.05) is 0 Å². The lowest BCUT2D eigenvalue weighted by Crippen LogP contribution is -2.33. The molecule has 0 aromatic heterocycles. The molecule has 0 saturated heterocycles. The number of benzene rings is 3. The van der Waals surface area contributed by atoms with Gasteiger partial charge in [0.05, 0.1) is 11.5 Å². The van der Waals surface area contributed by atoms with Crippen molar-refractivity contribution < 1.29 is 31.4 Å². The Hall–Kier alpha value is -3.83. The Kier molecular flexibility index (Phi) is 8.15. The molecular weight excluding hydrogens is 479 g/mol. The van der Waals surface area contributed by atoms with Gasteiger partial charge in [-0.3, -0.25) is 14.9 Å². The van der Waals surface area contributed by atoms with Gasteiger partial charge < -0.3 is 13.8 Å². The SMILES string of the molecule is COCCN(Cc1cccc(OS(=O)(=O)c2ccc(F)cc2)c1)C(=O)c1ccc(C)c([N+](=O)[O-])c1. The molecule has 0 aliphatic heterocycles. The maximum absolute atomic E-state index is 13.2. The van der Waals surface area contributed by atoms with Crippen molar-refractivity contribution >= 4 is 21.7 Å². The monoisotopic (exact) mass is 502 g/mol. The van der Waals surface area contributed by atoms with E-state index >= 15 is 0 Å². The minimum atomic E-state index is -4.20. The first kappa shape index (κ1) is 25.8. The highest BCUT2D eigenvalue weighted by Gasteiger charge is 2.21. The number of methoxy groups -OCH3 is 1. The number of rotatable bonds is 10. The van der Waals surface area contributed by atoms with Gasteiger partial charge >= 0.3 is 10.1 Å². The van der Waals surface area contributed by atoms with Crippen LogP contribution in [-0.2, 0) is 21.4 Å². The van der Waals surface area contributed by atoms with Gasteiger partial charge in [0.15, 0.2) is 0 Å². The lowest BCUT2D eigenvalue weighted by atomic mass is 10.1. The van der Waals surface area contributed by atoms with Crippen molar-refractivity contribution in [2.24, 2.45) is 0 Å². The van der Waals surface area contributed by atoms with Crippen LogP contribution in [0.25, 0.3) is 0 Å². The molecule has 35 heavy (non-hydrogen) atoms. The molecule has 3 rings (SSSR count). The Bertz CT molecular complexity index is 1330. The standard InChI is InChI=1S/C24H23FN2O7S/c1-17-6-7-19(15-23(17)27(29)30)24(28)26(12-13-33-2)16-18-4-3-5-21(14-18)34-35(31,32)22-10-8-20(25)9-11-22/h3-11,14-15H,12-13,16H2,1-2H3. The molecule has 0 unspecified atom stereocenters. The van der Waals surface area contributed by atoms with Crippen molar-refractivity contribution in [1.29, 1.82) is 0 Å². The fourth-order valence-corrected chi connectivity index (χ4v) is 4.19. The predicted molar refractivity (Wildman–Crippen MR) is 125 cm³/mol. The molecule has 0 saturated carbocycles. The predicted octanol–water partition coefficient (Wildman–Crippen LogP) is 4.10. The van der Waals surface area contributed by atoms with Gasteiger partial charge in [-0.1, -0.05) is 18.2 Å². The molecule has 0 radical (unpaired) electrons. The molecule has 0 heterocycles. The average molecular weight is 503 g/mol. The van der Waals surface area contributed by atoms with E-state index in [0.29, 0.717) is 11.1 Å². The number of aryl methyl sites for hydroxylation is 1. The number of hydrogen-bond acceptors (Lipinski definition) is 7. The summed E-state index contributed by atoms with van der Waals surface area (Å²) in [7, 11) is -2.72. The lowest BCUT2D eigenvalue weighted by molar-refractivity contribution is -0.385. The number of amides is 1. The number of hydrogen-bond donors (Lipinski definition) is 0. The molecule has 0 spiro atoms. The van der Waals surface area contributed by atoms with Gasteiger partial charge in [-0.2, -0.15) is 8.42 Å². The summed E-state index contributed by atoms with van der Waals surface area (Å²) in [4.78, 5) is 25.1. The maximum Gasteiger partial charge on any atom is 0.339 e. The third-order valence-corrected chi connectivity index (χ3v) is 6.35. The number of halogens is 1. The van der Waals surface area contributed by atoms with Crippen LogP contribution in [0.15, 0.2) is 71.6 Å². The quantitative estimate of drug-likeness (QED) is 0.233. The Morgan fingerprint density at radius 3 is 2.46 bits per heavy atom. The second-order valence-corrected chi connectivity index (χ2v) is 9.16. The van der Waals surface area contributed by atoms with E-state index in [1.165, 1.54) is 42.3 Å². The molecular formula is C24H23FN2O7S. The zero-order valence-electron chi connectivity index (χ0n) is 19.0. The van der Waals surface area contributed by atoms with E-state index in [1.54, 1.807) is 19.1 Å². The molecule has 3 aromatic carbocycles. The van der Waals surface area contributed by atoms with Crippen LogP contribution in [0.1, 0.15) is 21.5 Å². The highest BCUT2D eigenvalue weighted by atomic mass is 32.2. The van der Waals surface area contributed by atoms with Gasteiger partial charge in [0.1, 0.15) is 16.5 Å². The van der Waals surface area contributed by atoms with Gasteiger partial charge in [0, 0.05) is 37.4 Å². The van der Waals surface area contributed by atoms with Gasteiger partial charge in [0.25, 0.3) is 11.6 Å². The molecule has 0 N–H and O–H groups in total. The first-order valence-corrected chi connectivity index (χ1v) is 11.8. The summed E-state index contributed by atoms with van der Waals surface area (Å²) in [5.74, 6) is -1.02. The minimum absolute atomic E-state index is 0.0111. The van der Waals surface area contributed by atoms with E-state index in [-0.39, 0.29) is 41.6 Å². The summed E-state index contributed by atoms with van der Waals surface area (Å²) in [6, 6.07) is 14.6. The molecule has 0 aliphatic carbocycles. The molecule has 0 bridgehead atoms. The largest absolute Gasteiger partial charge is 0.383 e. The van der Waals surface area contributed by atoms with E-state index in [4.69, 9.17) is 8.92 Å². The van der Waals surface area contributed by atoms with Crippen LogP contribution in [0.4, 0.5) is 10.1 Å². The Morgan fingerprint density at radius 2 is 1.80 bits per heavy atom. The van der Waals surface area contributed by atoms with Gasteiger partial charge in [-0.25, -0.2) is 4.39 Å². The van der Waals surface area contributed by atoms with Gasteiger partial charge in [0.2, 0.25) is 0 Å². The molecule has 0 atom stereocenters. The average Bonchev–Trinajstić information content (AvgIpc) is 2.81. The second-order valence-electron chi connectivity index (χ2n) is 7.62. The fraction of sp³-hybridized carbons (Fsp3) is 0.208. The molecule has 3 aromatic rings. The van der Waals surface area contributed by atoms with Crippen LogP contribution >= 0.6 is 0 Å². The summed E-state index contributed by atoms with van der Waals surface area (Å²) in [6.07, 6.45) is 0. The highest BCUT2D eigenvalue weighted by Crippen LogP contribution is 2.23. The van der Waals surface area contributed by atoms with E-state index in [9.17, 15) is 27.7 Å². The zero-order chi connectivity index (χ0) is 25.6. The second kappa shape index (κ2) is 11.1. The molecule has 0 fully saturated rings. The third-order valence-electron chi connectivity index (χ3n) is 5.09. The van der Waals surface area contributed by atoms with Gasteiger partial charge in [-0.05, 0) is 55.0 Å². The molecule has 11 heteroatoms. The topological polar surface area (TPSA) is 116 Å². The van der Waals surface area contributed by atoms with Crippen LogP contribution in [0, 0.1) is 22.9 Å². The summed E-state index contributed by atoms with van der Waals surface area (Å²) in [5, 5.41) is 11.3. The summed E-state index contributed by atoms with van der Waals surface area (Å²) in [5.41, 5.74) is 0.971. The molecule has 0 aliphatic rings. The van der Waals surface area contributed by atoms with E-state index in [2.05, 4.69) is 0 Å². The fourth-order valence-electron chi connectivity index (χ4n) is 3.27. The summed E-state index contributed by atoms with van der Waals surface area (Å²) >= 11 is 0. The van der Waals surface area contributed by atoms with Crippen LogP contribution in [-0.4, -0.2) is 44.4 Å². The van der Waals surface area contributed by atoms with Crippen molar-refractivity contribution in [2.75, 3.05) is 20.3 Å². The Labute approximate surface area is 202 Å². The summed E-state index contributed by atoms with van der Waals surface area (Å²) in [6.45, 7) is 2.06. The Morgan fingerprint density at radius 1 is 1.09 bits per heavy atom. The van der Waals surface area contributed by atoms with E-state index < -0.39 is 26.8 Å². The van der Waals surface area contributed by atoms with Crippen LogP contribution in [0.5, 0.6) is 5.75 Å². The van der Waals surface area contributed by atoms with Crippen molar-refractivity contribution in [2.45, 2.75) is 18.4 Å². The van der Waals surface area contributed by atoms with Crippen molar-refractivity contribution in [3.8, 4) is 5.75 Å². The molecule has 1 amide bonds. The number of nitrogens with zero attached hydrogens (tertiary/aromatic N) is 2. The van der Waals surface area contributed by atoms with Crippen LogP contribution < -0.4 is 4.18 Å². The molecule has 184 valence electrons. The van der Waals surface area contributed by atoms with Gasteiger partial charge in [-0.15, -0.1) is 0 Å². The third kappa shape index (κ3) is 6.61. The highest BCUT2D eigenvalue weighted by molar-refractivity contribution is 7.87. The zero-order valence-corrected chi connectivity index (χ0v) is 19.8. The normalized spacial score (nSPS) is 11.2. The van der Waals surface area contributed by atoms with Crippen molar-refractivity contribution in [1.82, 2.24) is 4.90 Å². The first-order chi connectivity index (χ1) is 16.6. The Balaban J connectivity index is 1.83. The van der Waals surface area contributed by atoms with Crippen LogP contribution in [0.2, 0.25) is 0 Å².